The van der Waals surface area contributed by atoms with Crippen LogP contribution in [-0.4, -0.2) is 59.7 Å². The van der Waals surface area contributed by atoms with Gasteiger partial charge >= 0.3 is 0 Å². The van der Waals surface area contributed by atoms with Gasteiger partial charge < -0.3 is 14.4 Å². The molecule has 1 atom stereocenters. The van der Waals surface area contributed by atoms with Gasteiger partial charge in [-0.1, -0.05) is 30.3 Å². The first kappa shape index (κ1) is 11.8. The van der Waals surface area contributed by atoms with E-state index in [2.05, 4.69) is 4.74 Å². The molecule has 8 heteroatoms. The fourth-order valence-corrected chi connectivity index (χ4v) is 3.67. The summed E-state index contributed by atoms with van der Waals surface area (Å²) < 4.78 is 107. The molecule has 3 aliphatic heterocycles. The Morgan fingerprint density at radius 2 is 1.82 bits per heavy atom. The molecular weight excluding hydrogens is 422 g/mol. The summed E-state index contributed by atoms with van der Waals surface area (Å²) in [4.78, 5) is 39.1. The van der Waals surface area contributed by atoms with Crippen LogP contribution in [0.5, 0.6) is 5.75 Å². The highest BCUT2D eigenvalue weighted by atomic mass is 16.5. The maximum Gasteiger partial charge on any atom is 0.255 e. The Labute approximate surface area is 209 Å². The second kappa shape index (κ2) is 9.33. The van der Waals surface area contributed by atoms with Gasteiger partial charge in [0.25, 0.3) is 5.91 Å². The van der Waals surface area contributed by atoms with Crippen molar-refractivity contribution in [3.8, 4) is 5.75 Å². The van der Waals surface area contributed by atoms with Gasteiger partial charge in [0.05, 0.1) is 25.1 Å². The molecule has 2 aromatic rings. The van der Waals surface area contributed by atoms with E-state index in [1.807, 2.05) is 0 Å². The van der Waals surface area contributed by atoms with E-state index in [0.29, 0.717) is 21.6 Å². The summed E-state index contributed by atoms with van der Waals surface area (Å²) in [7, 11) is 0. The van der Waals surface area contributed by atoms with E-state index in [1.54, 1.807) is 23.5 Å². The maximum absolute atomic E-state index is 13.2. The van der Waals surface area contributed by atoms with E-state index in [4.69, 9.17) is 21.2 Å². The molecule has 8 nitrogen and oxygen atoms in total. The van der Waals surface area contributed by atoms with Crippen LogP contribution in [0.15, 0.2) is 42.5 Å². The van der Waals surface area contributed by atoms with Gasteiger partial charge in [-0.05, 0) is 29.6 Å². The normalized spacial score (nSPS) is 35.7. The van der Waals surface area contributed by atoms with Gasteiger partial charge in [-0.2, -0.15) is 0 Å². The molecule has 0 aliphatic carbocycles. The number of nitrogens with zero attached hydrogens (tertiary/aromatic N) is 2. The number of carbonyl (C=O) groups excluding carboxylic acids is 3. The van der Waals surface area contributed by atoms with E-state index < -0.39 is 69.2 Å². The van der Waals surface area contributed by atoms with E-state index in [9.17, 15) is 14.4 Å². The zero-order chi connectivity index (χ0) is 33.5. The summed E-state index contributed by atoms with van der Waals surface area (Å²) in [5, 5.41) is 1.80. The van der Waals surface area contributed by atoms with Gasteiger partial charge in [-0.25, -0.2) is 0 Å². The summed E-state index contributed by atoms with van der Waals surface area (Å²) in [5.41, 5.74) is 1.34. The number of morpholine rings is 1. The Morgan fingerprint density at radius 3 is 2.61 bits per heavy atom. The topological polar surface area (TPSA) is 88.2 Å². The highest BCUT2D eigenvalue weighted by Crippen LogP contribution is 2.34. The number of nitrogens with one attached hydrogen (secondary N) is 1. The average Bonchev–Trinajstić information content (AvgIpc) is 3.25. The van der Waals surface area contributed by atoms with E-state index in [0.717, 1.165) is 4.90 Å². The summed E-state index contributed by atoms with van der Waals surface area (Å²) in [5.74, 6) is -3.10. The second-order valence-corrected chi connectivity index (χ2v) is 7.43. The van der Waals surface area contributed by atoms with Gasteiger partial charge in [0.1, 0.15) is 18.4 Å². The van der Waals surface area contributed by atoms with Crippen molar-refractivity contribution < 1.29 is 40.3 Å². The summed E-state index contributed by atoms with van der Waals surface area (Å²) in [6, 6.07) is 8.74. The van der Waals surface area contributed by atoms with Crippen molar-refractivity contribution in [1.82, 2.24) is 15.1 Å². The van der Waals surface area contributed by atoms with Crippen LogP contribution < -0.4 is 10.1 Å². The molecule has 5 rings (SSSR count). The first-order valence-electron chi connectivity index (χ1n) is 16.0. The standard InChI is InChI=1S/C25H27N3O5/c29-23-9-8-21(24(30)26-23)28-15-20-19(25(28)31)2-1-3-22(20)33-16-18-6-4-17(5-7-18)14-27-10-12-32-13-11-27/h1-7,21H,8-16H2,(H,26,29,30)/t21-/m1/s1/i8D2,9D2,10D2,11D2,12D2,13D2. The SMILES string of the molecule is [2H]C1([2H])OC([2H])([2H])C([2H])([2H])N(Cc2ccc(COc3cccc4c3CN([C@H]3C(=O)NC(=O)C([2H])([2H])C3([2H])[2H])C4=O)cc2)C1([2H])[2H]. The number of ether oxygens (including phenoxy) is 2. The lowest BCUT2D eigenvalue weighted by atomic mass is 10.0. The highest BCUT2D eigenvalue weighted by molar-refractivity contribution is 6.05. The van der Waals surface area contributed by atoms with E-state index in [1.165, 1.54) is 24.3 Å². The number of rotatable bonds is 6. The van der Waals surface area contributed by atoms with Crippen molar-refractivity contribution in [3.05, 3.63) is 64.7 Å². The van der Waals surface area contributed by atoms with Gasteiger partial charge in [0, 0.05) is 48.0 Å². The lowest BCUT2D eigenvalue weighted by molar-refractivity contribution is -0.136. The maximum atomic E-state index is 13.2. The fraction of sp³-hybridized carbons (Fsp3) is 0.400. The molecule has 2 saturated heterocycles. The van der Waals surface area contributed by atoms with Gasteiger partial charge in [0.2, 0.25) is 11.8 Å². The van der Waals surface area contributed by atoms with Gasteiger partial charge in [-0.3, -0.25) is 24.6 Å². The van der Waals surface area contributed by atoms with Crippen LogP contribution >= 0.6 is 0 Å². The molecule has 2 fully saturated rings. The Kier molecular flexibility index (Phi) is 3.32. The number of amides is 3. The van der Waals surface area contributed by atoms with Crippen molar-refractivity contribution in [2.45, 2.75) is 38.5 Å². The Hall–Kier alpha value is -3.23. The van der Waals surface area contributed by atoms with Gasteiger partial charge in [0.15, 0.2) is 0 Å². The third-order valence-electron chi connectivity index (χ3n) is 5.29. The minimum atomic E-state index is -3.16. The van der Waals surface area contributed by atoms with Crippen molar-refractivity contribution >= 4 is 17.7 Å². The number of benzene rings is 2. The molecule has 0 unspecified atom stereocenters. The predicted octanol–water partition coefficient (Wildman–Crippen LogP) is 1.86. The van der Waals surface area contributed by atoms with Crippen LogP contribution in [0.1, 0.15) is 56.2 Å². The van der Waals surface area contributed by atoms with Crippen LogP contribution in [-0.2, 0) is 34.0 Å². The van der Waals surface area contributed by atoms with E-state index in [-0.39, 0.29) is 24.5 Å². The number of carbonyl (C=O) groups is 3. The molecule has 0 spiro atoms. The van der Waals surface area contributed by atoms with Crippen LogP contribution in [0.2, 0.25) is 0 Å². The number of piperidine rings is 1. The zero-order valence-corrected chi connectivity index (χ0v) is 17.2. The summed E-state index contributed by atoms with van der Waals surface area (Å²) in [6.07, 6.45) is -6.12. The quantitative estimate of drug-likeness (QED) is 0.661. The molecule has 2 aromatic carbocycles. The van der Waals surface area contributed by atoms with Crippen LogP contribution in [0.25, 0.3) is 0 Å². The van der Waals surface area contributed by atoms with Crippen LogP contribution in [0, 0.1) is 0 Å². The highest BCUT2D eigenvalue weighted by Gasteiger charge is 2.40. The molecule has 172 valence electrons. The molecule has 0 aromatic heterocycles. The minimum Gasteiger partial charge on any atom is -0.489 e. The Bertz CT molecular complexity index is 1540. The first-order valence-corrected chi connectivity index (χ1v) is 10.0. The van der Waals surface area contributed by atoms with Crippen molar-refractivity contribution in [2.75, 3.05) is 26.1 Å². The number of imide groups is 1. The summed E-state index contributed by atoms with van der Waals surface area (Å²) >= 11 is 0. The Balaban J connectivity index is 1.31. The van der Waals surface area contributed by atoms with Crippen LogP contribution in [0.4, 0.5) is 0 Å². The molecule has 0 radical (unpaired) electrons. The second-order valence-electron chi connectivity index (χ2n) is 7.43. The van der Waals surface area contributed by atoms with Crippen LogP contribution in [0.3, 0.4) is 0 Å². The molecular formula is C25H27N3O5. The lowest BCUT2D eigenvalue weighted by Gasteiger charge is -2.29. The fourth-order valence-electron chi connectivity index (χ4n) is 3.67. The molecule has 3 amide bonds. The molecule has 3 aliphatic rings. The third kappa shape index (κ3) is 4.62. The minimum absolute atomic E-state index is 0.0585. The smallest absolute Gasteiger partial charge is 0.255 e. The molecule has 0 bridgehead atoms. The predicted molar refractivity (Wildman–Crippen MR) is 119 cm³/mol. The van der Waals surface area contributed by atoms with Gasteiger partial charge in [-0.15, -0.1) is 0 Å². The zero-order valence-electron chi connectivity index (χ0n) is 29.2. The molecule has 33 heavy (non-hydrogen) atoms. The number of fused-ring (bicyclic) bond motifs is 1. The molecule has 3 heterocycles. The Morgan fingerprint density at radius 1 is 1.06 bits per heavy atom. The number of hydrogen-bond acceptors (Lipinski definition) is 6. The average molecular weight is 462 g/mol. The largest absolute Gasteiger partial charge is 0.489 e. The van der Waals surface area contributed by atoms with Crippen molar-refractivity contribution in [2.24, 2.45) is 0 Å². The molecule has 0 saturated carbocycles. The molecule has 1 N–H and O–H groups in total. The number of hydrogen-bond donors (Lipinski definition) is 1. The van der Waals surface area contributed by atoms with Crippen molar-refractivity contribution in [3.63, 3.8) is 0 Å². The first-order chi connectivity index (χ1) is 20.6. The van der Waals surface area contributed by atoms with Crippen molar-refractivity contribution in [1.29, 1.82) is 0 Å². The third-order valence-corrected chi connectivity index (χ3v) is 5.29. The summed E-state index contributed by atoms with van der Waals surface area (Å²) in [6.45, 7) is -13.2. The lowest BCUT2D eigenvalue weighted by Crippen LogP contribution is -2.52. The van der Waals surface area contributed by atoms with E-state index >= 15 is 0 Å². The monoisotopic (exact) mass is 461 g/mol.